The van der Waals surface area contributed by atoms with Crippen molar-refractivity contribution < 1.29 is 28.7 Å². The van der Waals surface area contributed by atoms with Crippen molar-refractivity contribution in [1.29, 1.82) is 0 Å². The summed E-state index contributed by atoms with van der Waals surface area (Å²) in [7, 11) is 0. The summed E-state index contributed by atoms with van der Waals surface area (Å²) in [6, 6.07) is 6.54. The first-order chi connectivity index (χ1) is 18.2. The van der Waals surface area contributed by atoms with Gasteiger partial charge < -0.3 is 21.1 Å². The topological polar surface area (TPSA) is 148 Å². The van der Waals surface area contributed by atoms with Gasteiger partial charge in [0.15, 0.2) is 5.78 Å². The Kier molecular flexibility index (Phi) is 12.1. The minimum absolute atomic E-state index is 0.0527. The predicted molar refractivity (Wildman–Crippen MR) is 147 cm³/mol. The molecule has 1 aliphatic heterocycles. The van der Waals surface area contributed by atoms with Gasteiger partial charge in [-0.25, -0.2) is 0 Å². The van der Waals surface area contributed by atoms with Gasteiger partial charge in [0, 0.05) is 6.42 Å². The monoisotopic (exact) mass is 544 g/mol. The summed E-state index contributed by atoms with van der Waals surface area (Å²) in [4.78, 5) is 65.4. The maximum Gasteiger partial charge on any atom is 0.323 e. The summed E-state index contributed by atoms with van der Waals surface area (Å²) in [6.07, 6.45) is 1.98. The summed E-state index contributed by atoms with van der Waals surface area (Å²) in [5, 5.41) is 5.34. The second-order valence-electron chi connectivity index (χ2n) is 11.6. The molecular weight excluding hydrogens is 500 g/mol. The van der Waals surface area contributed by atoms with Crippen LogP contribution >= 0.6 is 0 Å². The summed E-state index contributed by atoms with van der Waals surface area (Å²) < 4.78 is 5.55. The number of likely N-dealkylation sites (tertiary alicyclic amines) is 1. The van der Waals surface area contributed by atoms with Crippen molar-refractivity contribution in [1.82, 2.24) is 15.5 Å². The highest BCUT2D eigenvalue weighted by atomic mass is 16.6. The van der Waals surface area contributed by atoms with Gasteiger partial charge in [-0.05, 0) is 64.5 Å². The Morgan fingerprint density at radius 3 is 2.31 bits per heavy atom. The number of nitrogens with two attached hydrogens (primary N) is 1. The predicted octanol–water partition coefficient (Wildman–Crippen LogP) is 1.89. The quantitative estimate of drug-likeness (QED) is 0.303. The number of hydrogen-bond donors (Lipinski definition) is 3. The number of carbonyl (C=O) groups is 5. The van der Waals surface area contributed by atoms with Gasteiger partial charge in [0.05, 0.1) is 19.0 Å². The molecule has 216 valence electrons. The Bertz CT molecular complexity index is 1000. The molecule has 1 fully saturated rings. The molecule has 1 heterocycles. The second kappa shape index (κ2) is 14.8. The number of ether oxygens (including phenoxy) is 1. The molecule has 0 spiro atoms. The Morgan fingerprint density at radius 1 is 1.05 bits per heavy atom. The van der Waals surface area contributed by atoms with E-state index in [9.17, 15) is 24.0 Å². The van der Waals surface area contributed by atoms with E-state index in [0.717, 1.165) is 12.0 Å². The lowest BCUT2D eigenvalue weighted by atomic mass is 10.0. The van der Waals surface area contributed by atoms with Gasteiger partial charge >= 0.3 is 5.97 Å². The Hall–Kier alpha value is -3.27. The van der Waals surface area contributed by atoms with E-state index >= 15 is 0 Å². The molecule has 4 N–H and O–H groups in total. The van der Waals surface area contributed by atoms with Crippen LogP contribution in [0.15, 0.2) is 30.3 Å². The Morgan fingerprint density at radius 2 is 1.72 bits per heavy atom. The second-order valence-corrected chi connectivity index (χ2v) is 11.6. The third kappa shape index (κ3) is 11.6. The smallest absolute Gasteiger partial charge is 0.323 e. The zero-order chi connectivity index (χ0) is 29.2. The number of primary amides is 1. The highest BCUT2D eigenvalue weighted by Crippen LogP contribution is 2.21. The number of hydrogen-bond acceptors (Lipinski definition) is 7. The van der Waals surface area contributed by atoms with Gasteiger partial charge in [-0.1, -0.05) is 44.2 Å². The van der Waals surface area contributed by atoms with Crippen molar-refractivity contribution in [3.05, 3.63) is 35.9 Å². The summed E-state index contributed by atoms with van der Waals surface area (Å²) in [5.41, 5.74) is 5.53. The zero-order valence-electron chi connectivity index (χ0n) is 23.8. The van der Waals surface area contributed by atoms with Crippen LogP contribution in [0.1, 0.15) is 72.3 Å². The van der Waals surface area contributed by atoms with Crippen LogP contribution < -0.4 is 16.4 Å². The van der Waals surface area contributed by atoms with Gasteiger partial charge in [-0.2, -0.15) is 0 Å². The first-order valence-corrected chi connectivity index (χ1v) is 13.7. The SMILES string of the molecule is CC(C)CCC(=O)N[C@@H](CC(N)=O)C(=O)N[C@@H](Cc1ccccc1)C(=O)CN1CCC[C@H]1C(=O)OC(C)(C)C. The van der Waals surface area contributed by atoms with Crippen molar-refractivity contribution >= 4 is 29.5 Å². The lowest BCUT2D eigenvalue weighted by Gasteiger charge is -2.28. The van der Waals surface area contributed by atoms with E-state index in [1.54, 1.807) is 25.7 Å². The van der Waals surface area contributed by atoms with Crippen LogP contribution in [0.2, 0.25) is 0 Å². The number of benzene rings is 1. The first-order valence-electron chi connectivity index (χ1n) is 13.7. The largest absolute Gasteiger partial charge is 0.459 e. The Labute approximate surface area is 231 Å². The van der Waals surface area contributed by atoms with Crippen molar-refractivity contribution in [3.8, 4) is 0 Å². The molecule has 0 radical (unpaired) electrons. The molecule has 39 heavy (non-hydrogen) atoms. The van der Waals surface area contributed by atoms with Crippen LogP contribution in [0.5, 0.6) is 0 Å². The summed E-state index contributed by atoms with van der Waals surface area (Å²) >= 11 is 0. The first kappa shape index (κ1) is 31.9. The summed E-state index contributed by atoms with van der Waals surface area (Å²) in [6.45, 7) is 9.85. The van der Waals surface area contributed by atoms with Gasteiger partial charge in [0.25, 0.3) is 0 Å². The molecule has 1 aliphatic rings. The fraction of sp³-hybridized carbons (Fsp3) is 0.621. The third-order valence-electron chi connectivity index (χ3n) is 6.40. The van der Waals surface area contributed by atoms with E-state index in [4.69, 9.17) is 10.5 Å². The number of carbonyl (C=O) groups excluding carboxylic acids is 5. The molecule has 10 nitrogen and oxygen atoms in total. The minimum Gasteiger partial charge on any atom is -0.459 e. The van der Waals surface area contributed by atoms with E-state index in [-0.39, 0.29) is 37.0 Å². The van der Waals surface area contributed by atoms with E-state index < -0.39 is 42.0 Å². The van der Waals surface area contributed by atoms with Gasteiger partial charge in [0.2, 0.25) is 17.7 Å². The van der Waals surface area contributed by atoms with E-state index in [0.29, 0.717) is 25.3 Å². The van der Waals surface area contributed by atoms with E-state index in [2.05, 4.69) is 10.6 Å². The van der Waals surface area contributed by atoms with Crippen molar-refractivity contribution in [3.63, 3.8) is 0 Å². The molecule has 1 saturated heterocycles. The minimum atomic E-state index is -1.20. The number of amides is 3. The van der Waals surface area contributed by atoms with Crippen molar-refractivity contribution in [2.24, 2.45) is 11.7 Å². The van der Waals surface area contributed by atoms with Crippen LogP contribution in [0.3, 0.4) is 0 Å². The Balaban J connectivity index is 2.18. The van der Waals surface area contributed by atoms with E-state index in [1.807, 2.05) is 44.2 Å². The number of nitrogens with one attached hydrogen (secondary N) is 2. The van der Waals surface area contributed by atoms with Crippen LogP contribution in [-0.2, 0) is 35.1 Å². The number of ketones is 1. The van der Waals surface area contributed by atoms with E-state index in [1.165, 1.54) is 0 Å². The average molecular weight is 545 g/mol. The molecule has 0 saturated carbocycles. The highest BCUT2D eigenvalue weighted by Gasteiger charge is 2.37. The van der Waals surface area contributed by atoms with Gasteiger partial charge in [-0.15, -0.1) is 0 Å². The molecule has 3 amide bonds. The van der Waals surface area contributed by atoms with Gasteiger partial charge in [0.1, 0.15) is 17.7 Å². The molecule has 1 aromatic carbocycles. The maximum atomic E-state index is 13.5. The molecular formula is C29H44N4O6. The normalized spacial score (nSPS) is 17.3. The standard InChI is InChI=1S/C29H44N4O6/c1-19(2)13-14-26(36)31-22(17-25(30)35)27(37)32-21(16-20-10-7-6-8-11-20)24(34)18-33-15-9-12-23(33)28(38)39-29(3,4)5/h6-8,10-11,19,21-23H,9,12-18H2,1-5H3,(H2,30,35)(H,31,36)(H,32,37)/t21-,22-,23-/m0/s1. The molecule has 0 aliphatic carbocycles. The third-order valence-corrected chi connectivity index (χ3v) is 6.40. The van der Waals surface area contributed by atoms with Crippen LogP contribution in [-0.4, -0.2) is 71.2 Å². The molecule has 0 aromatic heterocycles. The number of nitrogens with zero attached hydrogens (tertiary/aromatic N) is 1. The summed E-state index contributed by atoms with van der Waals surface area (Å²) in [5.74, 6) is -2.14. The number of Topliss-reactive ketones (excluding diaryl/α,β-unsaturated/α-hetero) is 1. The van der Waals surface area contributed by atoms with Crippen LogP contribution in [0.4, 0.5) is 0 Å². The lowest BCUT2D eigenvalue weighted by molar-refractivity contribution is -0.160. The number of rotatable bonds is 14. The fourth-order valence-corrected chi connectivity index (χ4v) is 4.43. The van der Waals surface area contributed by atoms with Crippen molar-refractivity contribution in [2.45, 2.75) is 96.9 Å². The average Bonchev–Trinajstić information content (AvgIpc) is 3.29. The van der Waals surface area contributed by atoms with Gasteiger partial charge in [-0.3, -0.25) is 28.9 Å². The highest BCUT2D eigenvalue weighted by molar-refractivity contribution is 5.96. The molecule has 0 unspecified atom stereocenters. The van der Waals surface area contributed by atoms with Crippen LogP contribution in [0.25, 0.3) is 0 Å². The fourth-order valence-electron chi connectivity index (χ4n) is 4.43. The molecule has 3 atom stereocenters. The van der Waals surface area contributed by atoms with Crippen molar-refractivity contribution in [2.75, 3.05) is 13.1 Å². The molecule has 2 rings (SSSR count). The number of esters is 1. The molecule has 1 aromatic rings. The zero-order valence-corrected chi connectivity index (χ0v) is 23.8. The molecule has 0 bridgehead atoms. The lowest BCUT2D eigenvalue weighted by Crippen LogP contribution is -2.55. The van der Waals surface area contributed by atoms with Crippen LogP contribution in [0, 0.1) is 5.92 Å². The molecule has 10 heteroatoms. The maximum absolute atomic E-state index is 13.5.